The van der Waals surface area contributed by atoms with Crippen molar-refractivity contribution in [2.75, 3.05) is 7.11 Å². The van der Waals surface area contributed by atoms with Crippen LogP contribution in [0.15, 0.2) is 12.1 Å². The molecule has 1 fully saturated rings. The lowest BCUT2D eigenvalue weighted by Gasteiger charge is -2.15. The molecule has 0 atom stereocenters. The van der Waals surface area contributed by atoms with Crippen molar-refractivity contribution in [2.45, 2.75) is 32.3 Å². The Balaban J connectivity index is 2.41. The zero-order valence-electron chi connectivity index (χ0n) is 10.4. The van der Waals surface area contributed by atoms with E-state index < -0.39 is 5.60 Å². The minimum atomic E-state index is -0.676. The molecule has 0 aliphatic heterocycles. The smallest absolute Gasteiger partial charge is 0.125 e. The fraction of sp³-hybridized carbons (Fsp3) is 0.429. The SMILES string of the molecule is COc1ccc2[nH]c(C)c(C)c2c1C1(O)CC1. The molecule has 1 saturated carbocycles. The molecule has 0 unspecified atom stereocenters. The summed E-state index contributed by atoms with van der Waals surface area (Å²) in [6, 6.07) is 3.95. The maximum absolute atomic E-state index is 10.4. The molecule has 3 heteroatoms. The number of methoxy groups -OCH3 is 1. The number of benzene rings is 1. The lowest BCUT2D eigenvalue weighted by Crippen LogP contribution is -2.07. The maximum Gasteiger partial charge on any atom is 0.125 e. The van der Waals surface area contributed by atoms with Gasteiger partial charge in [0.15, 0.2) is 0 Å². The average molecular weight is 231 g/mol. The first-order valence-corrected chi connectivity index (χ1v) is 5.95. The molecule has 90 valence electrons. The monoisotopic (exact) mass is 231 g/mol. The molecular weight excluding hydrogens is 214 g/mol. The van der Waals surface area contributed by atoms with Gasteiger partial charge in [-0.25, -0.2) is 0 Å². The number of rotatable bonds is 2. The highest BCUT2D eigenvalue weighted by atomic mass is 16.5. The van der Waals surface area contributed by atoms with Crippen molar-refractivity contribution in [2.24, 2.45) is 0 Å². The molecule has 1 aliphatic carbocycles. The van der Waals surface area contributed by atoms with Crippen LogP contribution in [0.1, 0.15) is 29.7 Å². The third-order valence-corrected chi connectivity index (χ3v) is 3.84. The highest BCUT2D eigenvalue weighted by Gasteiger charge is 2.45. The van der Waals surface area contributed by atoms with Gasteiger partial charge in [-0.3, -0.25) is 0 Å². The van der Waals surface area contributed by atoms with Crippen LogP contribution >= 0.6 is 0 Å². The van der Waals surface area contributed by atoms with Crippen molar-refractivity contribution < 1.29 is 9.84 Å². The van der Waals surface area contributed by atoms with Crippen LogP contribution in [0.4, 0.5) is 0 Å². The van der Waals surface area contributed by atoms with Gasteiger partial charge in [-0.1, -0.05) is 0 Å². The van der Waals surface area contributed by atoms with Gasteiger partial charge in [0.2, 0.25) is 0 Å². The molecule has 1 aromatic heterocycles. The highest BCUT2D eigenvalue weighted by molar-refractivity contribution is 5.91. The number of nitrogens with one attached hydrogen (secondary N) is 1. The molecule has 1 aliphatic rings. The quantitative estimate of drug-likeness (QED) is 0.834. The van der Waals surface area contributed by atoms with Crippen LogP contribution in [0.25, 0.3) is 10.9 Å². The maximum atomic E-state index is 10.4. The van der Waals surface area contributed by atoms with Crippen LogP contribution in [0, 0.1) is 13.8 Å². The van der Waals surface area contributed by atoms with E-state index in [9.17, 15) is 5.11 Å². The first-order valence-electron chi connectivity index (χ1n) is 5.95. The van der Waals surface area contributed by atoms with Crippen molar-refractivity contribution in [3.63, 3.8) is 0 Å². The third kappa shape index (κ3) is 1.39. The fourth-order valence-electron chi connectivity index (χ4n) is 2.56. The summed E-state index contributed by atoms with van der Waals surface area (Å²) in [4.78, 5) is 3.35. The van der Waals surface area contributed by atoms with E-state index in [1.807, 2.05) is 12.1 Å². The number of fused-ring (bicyclic) bond motifs is 1. The predicted octanol–water partition coefficient (Wildman–Crippen LogP) is 2.77. The number of aliphatic hydroxyl groups is 1. The van der Waals surface area contributed by atoms with Crippen molar-refractivity contribution >= 4 is 10.9 Å². The molecule has 2 N–H and O–H groups in total. The number of aromatic amines is 1. The van der Waals surface area contributed by atoms with Gasteiger partial charge in [-0.15, -0.1) is 0 Å². The summed E-state index contributed by atoms with van der Waals surface area (Å²) in [6.07, 6.45) is 1.65. The second kappa shape index (κ2) is 3.26. The Labute approximate surface area is 100 Å². The van der Waals surface area contributed by atoms with E-state index >= 15 is 0 Å². The van der Waals surface area contributed by atoms with Crippen LogP contribution in [-0.4, -0.2) is 17.2 Å². The lowest BCUT2D eigenvalue weighted by molar-refractivity contribution is 0.149. The van der Waals surface area contributed by atoms with Gasteiger partial charge in [-0.05, 0) is 44.4 Å². The number of H-pyrrole nitrogens is 1. The Morgan fingerprint density at radius 1 is 1.29 bits per heavy atom. The molecular formula is C14H17NO2. The molecule has 1 aromatic carbocycles. The van der Waals surface area contributed by atoms with Crippen molar-refractivity contribution in [3.05, 3.63) is 29.0 Å². The third-order valence-electron chi connectivity index (χ3n) is 3.84. The van der Waals surface area contributed by atoms with Crippen LogP contribution < -0.4 is 4.74 Å². The Kier molecular flexibility index (Phi) is 2.05. The molecule has 0 radical (unpaired) electrons. The van der Waals surface area contributed by atoms with Gasteiger partial charge in [0, 0.05) is 22.2 Å². The number of aromatic nitrogens is 1. The molecule has 0 saturated heterocycles. The van der Waals surface area contributed by atoms with E-state index in [0.717, 1.165) is 40.8 Å². The zero-order chi connectivity index (χ0) is 12.2. The minimum absolute atomic E-state index is 0.676. The summed E-state index contributed by atoms with van der Waals surface area (Å²) < 4.78 is 5.41. The Hall–Kier alpha value is -1.48. The second-order valence-electron chi connectivity index (χ2n) is 4.97. The van der Waals surface area contributed by atoms with E-state index in [-0.39, 0.29) is 0 Å². The normalized spacial score (nSPS) is 17.4. The summed E-state index contributed by atoms with van der Waals surface area (Å²) >= 11 is 0. The number of ether oxygens (including phenoxy) is 1. The Morgan fingerprint density at radius 3 is 2.59 bits per heavy atom. The standard InChI is InChI=1S/C14H17NO2/c1-8-9(2)15-10-4-5-11(17-3)13(12(8)10)14(16)6-7-14/h4-5,15-16H,6-7H2,1-3H3. The van der Waals surface area contributed by atoms with E-state index in [1.165, 1.54) is 5.56 Å². The molecule has 0 amide bonds. The molecule has 1 heterocycles. The molecule has 3 nitrogen and oxygen atoms in total. The molecule has 2 aromatic rings. The van der Waals surface area contributed by atoms with Crippen LogP contribution in [0.3, 0.4) is 0 Å². The Morgan fingerprint density at radius 2 is 2.00 bits per heavy atom. The summed E-state index contributed by atoms with van der Waals surface area (Å²) in [5.74, 6) is 0.791. The van der Waals surface area contributed by atoms with Gasteiger partial charge < -0.3 is 14.8 Å². The summed E-state index contributed by atoms with van der Waals surface area (Å²) in [6.45, 7) is 4.14. The first kappa shape index (κ1) is 10.7. The van der Waals surface area contributed by atoms with Gasteiger partial charge in [-0.2, -0.15) is 0 Å². The van der Waals surface area contributed by atoms with Crippen LogP contribution in [0.5, 0.6) is 5.75 Å². The van der Waals surface area contributed by atoms with Crippen LogP contribution in [0.2, 0.25) is 0 Å². The van der Waals surface area contributed by atoms with Gasteiger partial charge >= 0.3 is 0 Å². The van der Waals surface area contributed by atoms with E-state index in [2.05, 4.69) is 18.8 Å². The highest BCUT2D eigenvalue weighted by Crippen LogP contribution is 2.52. The largest absolute Gasteiger partial charge is 0.496 e. The molecule has 17 heavy (non-hydrogen) atoms. The first-order chi connectivity index (χ1) is 8.07. The number of hydrogen-bond donors (Lipinski definition) is 2. The molecule has 3 rings (SSSR count). The number of aryl methyl sites for hydroxylation is 2. The minimum Gasteiger partial charge on any atom is -0.496 e. The zero-order valence-corrected chi connectivity index (χ0v) is 10.4. The topological polar surface area (TPSA) is 45.2 Å². The lowest BCUT2D eigenvalue weighted by atomic mass is 9.98. The Bertz CT molecular complexity index is 594. The van der Waals surface area contributed by atoms with Gasteiger partial charge in [0.05, 0.1) is 12.7 Å². The van der Waals surface area contributed by atoms with E-state index in [1.54, 1.807) is 7.11 Å². The second-order valence-corrected chi connectivity index (χ2v) is 4.97. The van der Waals surface area contributed by atoms with E-state index in [4.69, 9.17) is 4.74 Å². The fourth-order valence-corrected chi connectivity index (χ4v) is 2.56. The van der Waals surface area contributed by atoms with Crippen molar-refractivity contribution in [3.8, 4) is 5.75 Å². The summed E-state index contributed by atoms with van der Waals surface area (Å²) in [7, 11) is 1.66. The predicted molar refractivity (Wildman–Crippen MR) is 67.5 cm³/mol. The van der Waals surface area contributed by atoms with E-state index in [0.29, 0.717) is 0 Å². The van der Waals surface area contributed by atoms with Crippen LogP contribution in [-0.2, 0) is 5.60 Å². The molecule has 0 spiro atoms. The van der Waals surface area contributed by atoms with Gasteiger partial charge in [0.1, 0.15) is 5.75 Å². The number of hydrogen-bond acceptors (Lipinski definition) is 2. The van der Waals surface area contributed by atoms with Crippen molar-refractivity contribution in [1.29, 1.82) is 0 Å². The average Bonchev–Trinajstić information content (AvgIpc) is 2.99. The summed E-state index contributed by atoms with van der Waals surface area (Å²) in [5.41, 5.74) is 3.72. The summed E-state index contributed by atoms with van der Waals surface area (Å²) in [5, 5.41) is 11.6. The van der Waals surface area contributed by atoms with Gasteiger partial charge in [0.25, 0.3) is 0 Å². The molecule has 0 bridgehead atoms. The van der Waals surface area contributed by atoms with Crippen molar-refractivity contribution in [1.82, 2.24) is 4.98 Å².